The Kier molecular flexibility index (Phi) is 16.7. The Bertz CT molecular complexity index is 1040. The summed E-state index contributed by atoms with van der Waals surface area (Å²) in [5.74, 6) is -2.13. The molecule has 0 aromatic heterocycles. The van der Waals surface area contributed by atoms with E-state index in [-0.39, 0.29) is 63.6 Å². The van der Waals surface area contributed by atoms with Gasteiger partial charge in [-0.1, -0.05) is 0 Å². The molecule has 0 saturated carbocycles. The van der Waals surface area contributed by atoms with Gasteiger partial charge in [-0.25, -0.2) is 9.59 Å². The van der Waals surface area contributed by atoms with Crippen molar-refractivity contribution < 1.29 is 52.5 Å². The summed E-state index contributed by atoms with van der Waals surface area (Å²) >= 11 is 0. The largest absolute Gasteiger partial charge is 0.465 e. The van der Waals surface area contributed by atoms with Crippen LogP contribution >= 0.6 is 0 Å². The van der Waals surface area contributed by atoms with Crippen molar-refractivity contribution in [1.29, 1.82) is 0 Å². The van der Waals surface area contributed by atoms with Crippen LogP contribution in [0.2, 0.25) is 0 Å². The molecule has 13 nitrogen and oxygen atoms in total. The first-order chi connectivity index (χ1) is 21.3. The quantitative estimate of drug-likeness (QED) is 0.235. The van der Waals surface area contributed by atoms with Crippen molar-refractivity contribution >= 4 is 35.7 Å². The van der Waals surface area contributed by atoms with Crippen molar-refractivity contribution in [1.82, 2.24) is 9.80 Å². The lowest BCUT2D eigenvalue weighted by atomic mass is 9.82. The minimum Gasteiger partial charge on any atom is -0.465 e. The van der Waals surface area contributed by atoms with E-state index in [9.17, 15) is 28.8 Å². The summed E-state index contributed by atoms with van der Waals surface area (Å²) in [6.07, 6.45) is 2.48. The van der Waals surface area contributed by atoms with Crippen molar-refractivity contribution in [3.05, 3.63) is 0 Å². The van der Waals surface area contributed by atoms with E-state index >= 15 is 0 Å². The zero-order valence-electron chi connectivity index (χ0n) is 29.4. The molecule has 0 aromatic rings. The number of likely N-dealkylation sites (tertiary alicyclic amines) is 2. The summed E-state index contributed by atoms with van der Waals surface area (Å²) < 4.78 is 25.4. The number of Topliss-reactive ketones (excluding diaryl/α,β-unsaturated/α-hetero) is 2. The second-order valence-corrected chi connectivity index (χ2v) is 13.5. The van der Waals surface area contributed by atoms with E-state index in [2.05, 4.69) is 0 Å². The maximum Gasteiger partial charge on any atom is 0.410 e. The first-order valence-corrected chi connectivity index (χ1v) is 16.3. The molecule has 2 unspecified atom stereocenters. The molecule has 0 bridgehead atoms. The van der Waals surface area contributed by atoms with Gasteiger partial charge in [0.15, 0.2) is 5.78 Å². The Morgan fingerprint density at radius 1 is 0.783 bits per heavy atom. The van der Waals surface area contributed by atoms with Gasteiger partial charge in [0, 0.05) is 52.2 Å². The minimum atomic E-state index is -1.17. The second-order valence-electron chi connectivity index (χ2n) is 13.5. The van der Waals surface area contributed by atoms with E-state index in [0.717, 1.165) is 13.2 Å². The van der Waals surface area contributed by atoms with Crippen LogP contribution in [0.3, 0.4) is 0 Å². The lowest BCUT2D eigenvalue weighted by molar-refractivity contribution is -0.159. The number of hydrogen-bond acceptors (Lipinski definition) is 11. The molecule has 46 heavy (non-hydrogen) atoms. The van der Waals surface area contributed by atoms with Gasteiger partial charge in [0.2, 0.25) is 0 Å². The van der Waals surface area contributed by atoms with Gasteiger partial charge in [0.25, 0.3) is 0 Å². The molecule has 13 heteroatoms. The summed E-state index contributed by atoms with van der Waals surface area (Å²) in [5, 5.41) is 0. The van der Waals surface area contributed by atoms with Crippen molar-refractivity contribution in [3.63, 3.8) is 0 Å². The molecule has 2 amide bonds. The van der Waals surface area contributed by atoms with Gasteiger partial charge in [0.1, 0.15) is 28.3 Å². The van der Waals surface area contributed by atoms with Gasteiger partial charge in [-0.2, -0.15) is 0 Å². The molecule has 0 aromatic carbocycles. The van der Waals surface area contributed by atoms with E-state index in [0.29, 0.717) is 13.1 Å². The van der Waals surface area contributed by atoms with E-state index in [4.69, 9.17) is 23.7 Å². The Balaban J connectivity index is 0.000000398. The first kappa shape index (κ1) is 40.8. The smallest absolute Gasteiger partial charge is 0.410 e. The summed E-state index contributed by atoms with van der Waals surface area (Å²) in [5.41, 5.74) is -2.33. The lowest BCUT2D eigenvalue weighted by Gasteiger charge is -2.27. The maximum absolute atomic E-state index is 12.2. The van der Waals surface area contributed by atoms with Crippen LogP contribution in [0.4, 0.5) is 9.59 Å². The Morgan fingerprint density at radius 2 is 1.28 bits per heavy atom. The summed E-state index contributed by atoms with van der Waals surface area (Å²) in [6, 6.07) is 0. The predicted molar refractivity (Wildman–Crippen MR) is 169 cm³/mol. The molecule has 3 heterocycles. The highest BCUT2D eigenvalue weighted by atomic mass is 16.6. The maximum atomic E-state index is 12.2. The molecule has 3 saturated heterocycles. The Labute approximate surface area is 273 Å². The van der Waals surface area contributed by atoms with Crippen molar-refractivity contribution in [2.75, 3.05) is 52.6 Å². The average molecular weight is 657 g/mol. The monoisotopic (exact) mass is 656 g/mol. The third-order valence-corrected chi connectivity index (χ3v) is 7.24. The molecule has 264 valence electrons. The summed E-state index contributed by atoms with van der Waals surface area (Å²) in [7, 11) is 0. The number of carbonyl (C=O) groups is 6. The molecule has 0 radical (unpaired) electrons. The molecule has 2 atom stereocenters. The van der Waals surface area contributed by atoms with Crippen LogP contribution < -0.4 is 0 Å². The van der Waals surface area contributed by atoms with Crippen molar-refractivity contribution in [2.24, 2.45) is 11.3 Å². The fourth-order valence-corrected chi connectivity index (χ4v) is 4.63. The van der Waals surface area contributed by atoms with Crippen molar-refractivity contribution in [2.45, 2.75) is 112 Å². The Hall–Kier alpha value is -3.22. The zero-order chi connectivity index (χ0) is 35.1. The number of rotatable bonds is 4. The van der Waals surface area contributed by atoms with Crippen LogP contribution in [0.15, 0.2) is 0 Å². The molecule has 3 aliphatic heterocycles. The number of amides is 2. The predicted octanol–water partition coefficient (Wildman–Crippen LogP) is 4.72. The van der Waals surface area contributed by atoms with Gasteiger partial charge in [-0.15, -0.1) is 0 Å². The van der Waals surface area contributed by atoms with Gasteiger partial charge < -0.3 is 33.5 Å². The number of carbonyl (C=O) groups excluding carboxylic acids is 6. The molecular formula is C33H56N2O11. The van der Waals surface area contributed by atoms with Crippen LogP contribution in [0.1, 0.15) is 101 Å². The highest BCUT2D eigenvalue weighted by Crippen LogP contribution is 2.30. The summed E-state index contributed by atoms with van der Waals surface area (Å²) in [6.45, 7) is 19.4. The second kappa shape index (κ2) is 18.8. The third kappa shape index (κ3) is 14.5. The molecule has 0 aliphatic carbocycles. The van der Waals surface area contributed by atoms with Crippen LogP contribution in [0.5, 0.6) is 0 Å². The van der Waals surface area contributed by atoms with E-state index in [1.54, 1.807) is 62.3 Å². The van der Waals surface area contributed by atoms with Crippen LogP contribution in [-0.2, 0) is 42.9 Å². The van der Waals surface area contributed by atoms with Gasteiger partial charge >= 0.3 is 24.1 Å². The van der Waals surface area contributed by atoms with Crippen molar-refractivity contribution in [3.8, 4) is 0 Å². The van der Waals surface area contributed by atoms with Crippen LogP contribution in [0, 0.1) is 11.3 Å². The third-order valence-electron chi connectivity index (χ3n) is 7.24. The molecule has 0 spiro atoms. The fraction of sp³-hybridized carbons (Fsp3) is 0.818. The zero-order valence-corrected chi connectivity index (χ0v) is 29.4. The molecule has 3 rings (SSSR count). The van der Waals surface area contributed by atoms with Crippen LogP contribution in [-0.4, -0.2) is 109 Å². The molecule has 3 fully saturated rings. The fourth-order valence-electron chi connectivity index (χ4n) is 4.63. The number of ether oxygens (including phenoxy) is 5. The van der Waals surface area contributed by atoms with Gasteiger partial charge in [0.05, 0.1) is 13.2 Å². The molecular weight excluding hydrogens is 600 g/mol. The normalized spacial score (nSPS) is 22.2. The lowest BCUT2D eigenvalue weighted by Crippen LogP contribution is -2.39. The van der Waals surface area contributed by atoms with Gasteiger partial charge in [-0.3, -0.25) is 19.2 Å². The SMILES string of the molecule is C1CCOC1.CCOC(=O)C1(C)CCN(C(=O)OC(C)(C)C)CCC1=O.CCOC(=O)C1CCN(C(=O)OC(C)(C)C)CCC1=O. The van der Waals surface area contributed by atoms with Crippen LogP contribution in [0.25, 0.3) is 0 Å². The van der Waals surface area contributed by atoms with E-state index in [1.165, 1.54) is 22.6 Å². The van der Waals surface area contributed by atoms with Gasteiger partial charge in [-0.05, 0) is 88.0 Å². The molecule has 3 aliphatic rings. The highest BCUT2D eigenvalue weighted by Gasteiger charge is 2.44. The highest BCUT2D eigenvalue weighted by molar-refractivity contribution is 6.03. The van der Waals surface area contributed by atoms with E-state index < -0.39 is 46.7 Å². The number of hydrogen-bond donors (Lipinski definition) is 0. The standard InChI is InChI=1S/C15H25NO5.C14H23NO5.C4H8O/c1-6-20-12(18)15(5)8-10-16(9-7-11(15)17)13(19)21-14(2,3)4;1-5-19-12(17)10-6-8-15(9-7-11(10)16)13(18)20-14(2,3)4;1-2-4-5-3-1/h6-10H2,1-5H3;10H,5-9H2,1-4H3;1-4H2. The average Bonchev–Trinajstić information content (AvgIpc) is 3.41. The molecule has 0 N–H and O–H groups in total. The first-order valence-electron chi connectivity index (χ1n) is 16.3. The number of esters is 2. The number of ketones is 2. The number of nitrogens with zero attached hydrogens (tertiary/aromatic N) is 2. The summed E-state index contributed by atoms with van der Waals surface area (Å²) in [4.78, 5) is 74.8. The minimum absolute atomic E-state index is 0.133. The topological polar surface area (TPSA) is 155 Å². The Morgan fingerprint density at radius 3 is 1.74 bits per heavy atom. The van der Waals surface area contributed by atoms with E-state index in [1.807, 2.05) is 0 Å².